The average Bonchev–Trinajstić information content (AvgIpc) is 3.06. The summed E-state index contributed by atoms with van der Waals surface area (Å²) in [5.74, 6) is 0.742. The van der Waals surface area contributed by atoms with Crippen LogP contribution in [0.4, 0.5) is 0 Å². The quantitative estimate of drug-likeness (QED) is 0.593. The van der Waals surface area contributed by atoms with Crippen LogP contribution in [0.5, 0.6) is 0 Å². The molecule has 0 radical (unpaired) electrons. The van der Waals surface area contributed by atoms with Crippen molar-refractivity contribution in [3.63, 3.8) is 0 Å². The van der Waals surface area contributed by atoms with Gasteiger partial charge in [0.25, 0.3) is 5.91 Å². The molecule has 1 saturated heterocycles. The molecule has 0 bridgehead atoms. The number of thioether (sulfide) groups is 1. The molecule has 134 valence electrons. The van der Waals surface area contributed by atoms with Crippen molar-refractivity contribution in [2.75, 3.05) is 32.6 Å². The number of hydrogen-bond acceptors (Lipinski definition) is 5. The molecule has 4 rings (SSSR count). The molecule has 8 heteroatoms. The first-order chi connectivity index (χ1) is 12.7. The summed E-state index contributed by atoms with van der Waals surface area (Å²) in [5.41, 5.74) is 1.54. The van der Waals surface area contributed by atoms with E-state index in [4.69, 9.17) is 4.74 Å². The monoisotopic (exact) mass is 432 g/mol. The lowest BCUT2D eigenvalue weighted by Crippen LogP contribution is -2.40. The first-order valence-corrected chi connectivity index (χ1v) is 10.2. The van der Waals surface area contributed by atoms with Crippen LogP contribution in [-0.2, 0) is 4.74 Å². The summed E-state index contributed by atoms with van der Waals surface area (Å²) in [6.45, 7) is 2.43. The number of amides is 1. The maximum Gasteiger partial charge on any atom is 0.254 e. The van der Waals surface area contributed by atoms with Gasteiger partial charge in [-0.05, 0) is 52.5 Å². The predicted molar refractivity (Wildman–Crippen MR) is 105 cm³/mol. The zero-order chi connectivity index (χ0) is 18.1. The van der Waals surface area contributed by atoms with E-state index in [1.54, 1.807) is 22.6 Å². The summed E-state index contributed by atoms with van der Waals surface area (Å²) >= 11 is 4.98. The van der Waals surface area contributed by atoms with E-state index >= 15 is 0 Å². The number of carbonyl (C=O) groups is 1. The average molecular weight is 433 g/mol. The van der Waals surface area contributed by atoms with Gasteiger partial charge in [-0.1, -0.05) is 0 Å². The van der Waals surface area contributed by atoms with Gasteiger partial charge in [0.2, 0.25) is 0 Å². The van der Waals surface area contributed by atoms with E-state index in [-0.39, 0.29) is 5.91 Å². The van der Waals surface area contributed by atoms with Crippen LogP contribution < -0.4 is 0 Å². The first kappa shape index (κ1) is 17.5. The van der Waals surface area contributed by atoms with E-state index in [1.807, 2.05) is 41.5 Å². The van der Waals surface area contributed by atoms with Crippen molar-refractivity contribution in [3.8, 4) is 5.82 Å². The van der Waals surface area contributed by atoms with Crippen LogP contribution in [-0.4, -0.2) is 58.1 Å². The van der Waals surface area contributed by atoms with Crippen LogP contribution in [0.15, 0.2) is 46.0 Å². The number of hydrogen-bond donors (Lipinski definition) is 0. The zero-order valence-electron chi connectivity index (χ0n) is 14.2. The Morgan fingerprint density at radius 3 is 2.73 bits per heavy atom. The zero-order valence-corrected chi connectivity index (χ0v) is 16.6. The molecule has 6 nitrogen and oxygen atoms in total. The van der Waals surface area contributed by atoms with Crippen molar-refractivity contribution in [1.82, 2.24) is 19.7 Å². The van der Waals surface area contributed by atoms with Gasteiger partial charge in [0.05, 0.1) is 18.7 Å². The molecule has 0 aliphatic carbocycles. The molecule has 0 atom stereocenters. The van der Waals surface area contributed by atoms with Crippen LogP contribution in [0.2, 0.25) is 0 Å². The Morgan fingerprint density at radius 2 is 2.04 bits per heavy atom. The number of aromatic nitrogens is 3. The molecule has 3 heterocycles. The molecule has 26 heavy (non-hydrogen) atoms. The standard InChI is InChI=1S/C18H17BrN4O2S/c1-26-17-14-4-2-12(18(24)22-6-8-25-9-7-22)10-15(14)23(21-17)16-5-3-13(19)11-20-16/h2-5,10-11H,6-9H2,1H3. The van der Waals surface area contributed by atoms with Crippen molar-refractivity contribution in [1.29, 1.82) is 0 Å². The van der Waals surface area contributed by atoms with Gasteiger partial charge in [0, 0.05) is 34.7 Å². The van der Waals surface area contributed by atoms with Gasteiger partial charge in [-0.2, -0.15) is 5.10 Å². The SMILES string of the molecule is CSc1nn(-c2ccc(Br)cn2)c2cc(C(=O)N3CCOCC3)ccc12. The summed E-state index contributed by atoms with van der Waals surface area (Å²) in [6, 6.07) is 9.58. The fourth-order valence-corrected chi connectivity index (χ4v) is 3.78. The van der Waals surface area contributed by atoms with Crippen LogP contribution in [0.1, 0.15) is 10.4 Å². The molecular weight excluding hydrogens is 416 g/mol. The van der Waals surface area contributed by atoms with Gasteiger partial charge in [0.1, 0.15) is 5.03 Å². The molecule has 3 aromatic rings. The Balaban J connectivity index is 1.79. The highest BCUT2D eigenvalue weighted by atomic mass is 79.9. The normalized spacial score (nSPS) is 14.8. The maximum absolute atomic E-state index is 12.8. The lowest BCUT2D eigenvalue weighted by Gasteiger charge is -2.26. The molecule has 1 aliphatic rings. The second-order valence-electron chi connectivity index (χ2n) is 5.89. The Bertz CT molecular complexity index is 952. The van der Waals surface area contributed by atoms with E-state index in [1.165, 1.54) is 0 Å². The first-order valence-electron chi connectivity index (χ1n) is 8.23. The van der Waals surface area contributed by atoms with Gasteiger partial charge >= 0.3 is 0 Å². The lowest BCUT2D eigenvalue weighted by molar-refractivity contribution is 0.0303. The molecule has 0 unspecified atom stereocenters. The molecule has 2 aromatic heterocycles. The topological polar surface area (TPSA) is 60.2 Å². The third kappa shape index (κ3) is 3.24. The molecule has 1 aliphatic heterocycles. The number of morpholine rings is 1. The predicted octanol–water partition coefficient (Wildman–Crippen LogP) is 3.38. The number of ether oxygens (including phenoxy) is 1. The number of nitrogens with zero attached hydrogens (tertiary/aromatic N) is 4. The fraction of sp³-hybridized carbons (Fsp3) is 0.278. The second-order valence-corrected chi connectivity index (χ2v) is 7.60. The van der Waals surface area contributed by atoms with E-state index in [0.717, 1.165) is 26.2 Å². The van der Waals surface area contributed by atoms with Crippen molar-refractivity contribution >= 4 is 44.5 Å². The third-order valence-corrected chi connectivity index (χ3v) is 5.47. The van der Waals surface area contributed by atoms with Gasteiger partial charge in [-0.15, -0.1) is 11.8 Å². The molecular formula is C18H17BrN4O2S. The Labute approximate surface area is 163 Å². The van der Waals surface area contributed by atoms with Gasteiger partial charge in [0.15, 0.2) is 5.82 Å². The minimum absolute atomic E-state index is 0.0254. The number of carbonyl (C=O) groups excluding carboxylic acids is 1. The molecule has 0 N–H and O–H groups in total. The number of rotatable bonds is 3. The Kier molecular flexibility index (Phi) is 4.97. The number of benzene rings is 1. The summed E-state index contributed by atoms with van der Waals surface area (Å²) in [6.07, 6.45) is 3.73. The molecule has 1 aromatic carbocycles. The third-order valence-electron chi connectivity index (χ3n) is 4.31. The highest BCUT2D eigenvalue weighted by Gasteiger charge is 2.20. The number of fused-ring (bicyclic) bond motifs is 1. The minimum atomic E-state index is 0.0254. The van der Waals surface area contributed by atoms with E-state index in [2.05, 4.69) is 26.0 Å². The minimum Gasteiger partial charge on any atom is -0.378 e. The van der Waals surface area contributed by atoms with E-state index in [9.17, 15) is 4.79 Å². The van der Waals surface area contributed by atoms with Crippen LogP contribution in [0, 0.1) is 0 Å². The summed E-state index contributed by atoms with van der Waals surface area (Å²) in [4.78, 5) is 19.1. The van der Waals surface area contributed by atoms with Gasteiger partial charge < -0.3 is 9.64 Å². The van der Waals surface area contributed by atoms with Crippen molar-refractivity contribution in [2.45, 2.75) is 5.03 Å². The van der Waals surface area contributed by atoms with Crippen molar-refractivity contribution in [3.05, 3.63) is 46.6 Å². The van der Waals surface area contributed by atoms with Crippen LogP contribution >= 0.6 is 27.7 Å². The Hall–Kier alpha value is -1.90. The highest BCUT2D eigenvalue weighted by molar-refractivity contribution is 9.10. The highest BCUT2D eigenvalue weighted by Crippen LogP contribution is 2.29. The van der Waals surface area contributed by atoms with Gasteiger partial charge in [-0.25, -0.2) is 9.67 Å². The van der Waals surface area contributed by atoms with E-state index in [0.29, 0.717) is 31.9 Å². The molecule has 1 fully saturated rings. The fourth-order valence-electron chi connectivity index (χ4n) is 2.99. The van der Waals surface area contributed by atoms with E-state index < -0.39 is 0 Å². The summed E-state index contributed by atoms with van der Waals surface area (Å²) in [5, 5.41) is 6.60. The van der Waals surface area contributed by atoms with Gasteiger partial charge in [-0.3, -0.25) is 4.79 Å². The maximum atomic E-state index is 12.8. The summed E-state index contributed by atoms with van der Waals surface area (Å²) in [7, 11) is 0. The van der Waals surface area contributed by atoms with Crippen LogP contribution in [0.3, 0.4) is 0 Å². The molecule has 0 saturated carbocycles. The summed E-state index contributed by atoms with van der Waals surface area (Å²) < 4.78 is 8.04. The molecule has 1 amide bonds. The lowest BCUT2D eigenvalue weighted by atomic mass is 10.1. The largest absolute Gasteiger partial charge is 0.378 e. The number of halogens is 1. The second kappa shape index (κ2) is 7.38. The smallest absolute Gasteiger partial charge is 0.254 e. The Morgan fingerprint density at radius 1 is 1.23 bits per heavy atom. The van der Waals surface area contributed by atoms with Crippen LogP contribution in [0.25, 0.3) is 16.7 Å². The number of pyridine rings is 1. The van der Waals surface area contributed by atoms with Crippen molar-refractivity contribution in [2.24, 2.45) is 0 Å². The van der Waals surface area contributed by atoms with Crippen molar-refractivity contribution < 1.29 is 9.53 Å². The molecule has 0 spiro atoms.